The van der Waals surface area contributed by atoms with Crippen LogP contribution >= 0.6 is 11.6 Å². The zero-order valence-electron chi connectivity index (χ0n) is 20.8. The number of hydrogen-bond acceptors (Lipinski definition) is 4. The Bertz CT molecular complexity index is 1800. The molecule has 188 valence electrons. The highest BCUT2D eigenvalue weighted by Crippen LogP contribution is 2.30. The molecule has 0 saturated carbocycles. The number of H-pyrrole nitrogens is 1. The van der Waals surface area contributed by atoms with E-state index in [9.17, 15) is 5.26 Å². The van der Waals surface area contributed by atoms with Gasteiger partial charge in [-0.1, -0.05) is 66.2 Å². The summed E-state index contributed by atoms with van der Waals surface area (Å²) in [5.41, 5.74) is 6.40. The summed E-state index contributed by atoms with van der Waals surface area (Å²) < 4.78 is 7.89. The molecule has 6 nitrogen and oxygen atoms in total. The van der Waals surface area contributed by atoms with Crippen molar-refractivity contribution in [3.05, 3.63) is 131 Å². The fourth-order valence-electron chi connectivity index (χ4n) is 4.30. The number of para-hydroxylation sites is 3. The second-order valence-electron chi connectivity index (χ2n) is 8.93. The molecule has 39 heavy (non-hydrogen) atoms. The number of ether oxygens (including phenoxy) is 1. The fraction of sp³-hybridized carbons (Fsp3) is 0.0312. The molecule has 0 aliphatic heterocycles. The van der Waals surface area contributed by atoms with E-state index in [-0.39, 0.29) is 0 Å². The number of aromatic amines is 1. The first-order valence-electron chi connectivity index (χ1n) is 12.4. The molecule has 0 bridgehead atoms. The highest BCUT2D eigenvalue weighted by Gasteiger charge is 2.15. The smallest absolute Gasteiger partial charge is 0.149 e. The largest absolute Gasteiger partial charge is 0.489 e. The molecule has 7 heteroatoms. The number of nitrogens with zero attached hydrogens (tertiary/aromatic N) is 4. The lowest BCUT2D eigenvalue weighted by atomic mass is 10.1. The lowest BCUT2D eigenvalue weighted by molar-refractivity contribution is 0.306. The molecule has 0 amide bonds. The van der Waals surface area contributed by atoms with Crippen molar-refractivity contribution in [1.82, 2.24) is 19.7 Å². The molecule has 4 aromatic carbocycles. The molecule has 2 aromatic heterocycles. The third-order valence-electron chi connectivity index (χ3n) is 6.25. The van der Waals surface area contributed by atoms with Gasteiger partial charge in [0.25, 0.3) is 0 Å². The number of imidazole rings is 1. The van der Waals surface area contributed by atoms with Gasteiger partial charge in [-0.25, -0.2) is 9.67 Å². The molecule has 0 aliphatic carbocycles. The Morgan fingerprint density at radius 1 is 0.949 bits per heavy atom. The van der Waals surface area contributed by atoms with Crippen LogP contribution in [0.3, 0.4) is 0 Å². The van der Waals surface area contributed by atoms with Crippen LogP contribution in [-0.4, -0.2) is 19.7 Å². The molecule has 0 unspecified atom stereocenters. The van der Waals surface area contributed by atoms with Crippen LogP contribution in [0.5, 0.6) is 5.75 Å². The van der Waals surface area contributed by atoms with Gasteiger partial charge >= 0.3 is 0 Å². The van der Waals surface area contributed by atoms with Crippen LogP contribution in [-0.2, 0) is 6.61 Å². The molecular formula is C32H22ClN5O. The number of allylic oxidation sites excluding steroid dienone is 1. The van der Waals surface area contributed by atoms with Crippen LogP contribution < -0.4 is 4.74 Å². The van der Waals surface area contributed by atoms with E-state index in [0.717, 1.165) is 39.1 Å². The van der Waals surface area contributed by atoms with E-state index in [0.29, 0.717) is 28.8 Å². The standard InChI is InChI=1S/C32H22ClN5O/c33-26-15-13-22(14-16-26)21-39-28-10-6-7-23(18-28)31-25(20-38(37-31)27-8-2-1-3-9-27)17-24(19-34)32-35-29-11-4-5-12-30(29)36-32/h1-18,20H,21H2,(H,35,36)/b24-17-. The van der Waals surface area contributed by atoms with Gasteiger partial charge in [-0.2, -0.15) is 10.4 Å². The maximum absolute atomic E-state index is 10.1. The first-order chi connectivity index (χ1) is 19.2. The summed E-state index contributed by atoms with van der Waals surface area (Å²) in [6.45, 7) is 0.413. The van der Waals surface area contributed by atoms with E-state index in [1.165, 1.54) is 0 Å². The quantitative estimate of drug-likeness (QED) is 0.216. The van der Waals surface area contributed by atoms with Crippen LogP contribution in [0, 0.1) is 11.3 Å². The van der Waals surface area contributed by atoms with Crippen molar-refractivity contribution < 1.29 is 4.74 Å². The average molecular weight is 528 g/mol. The van der Waals surface area contributed by atoms with Gasteiger partial charge in [0, 0.05) is 22.3 Å². The van der Waals surface area contributed by atoms with E-state index in [1.54, 1.807) is 0 Å². The van der Waals surface area contributed by atoms with Crippen LogP contribution in [0.25, 0.3) is 39.6 Å². The number of nitriles is 1. The van der Waals surface area contributed by atoms with Crippen LogP contribution in [0.2, 0.25) is 5.02 Å². The summed E-state index contributed by atoms with van der Waals surface area (Å²) in [4.78, 5) is 7.87. The lowest BCUT2D eigenvalue weighted by Gasteiger charge is -2.08. The number of halogens is 1. The minimum absolute atomic E-state index is 0.412. The number of hydrogen-bond donors (Lipinski definition) is 1. The second-order valence-corrected chi connectivity index (χ2v) is 9.36. The average Bonchev–Trinajstić information content (AvgIpc) is 3.61. The van der Waals surface area contributed by atoms with Crippen molar-refractivity contribution in [3.63, 3.8) is 0 Å². The number of fused-ring (bicyclic) bond motifs is 1. The molecule has 0 spiro atoms. The Morgan fingerprint density at radius 2 is 1.74 bits per heavy atom. The van der Waals surface area contributed by atoms with Gasteiger partial charge in [0.2, 0.25) is 0 Å². The Kier molecular flexibility index (Phi) is 6.65. The van der Waals surface area contributed by atoms with Gasteiger partial charge in [0.1, 0.15) is 29.9 Å². The van der Waals surface area contributed by atoms with Crippen molar-refractivity contribution in [1.29, 1.82) is 5.26 Å². The van der Waals surface area contributed by atoms with E-state index < -0.39 is 0 Å². The van der Waals surface area contributed by atoms with Crippen molar-refractivity contribution in [3.8, 4) is 28.8 Å². The van der Waals surface area contributed by atoms with Gasteiger partial charge < -0.3 is 9.72 Å². The van der Waals surface area contributed by atoms with Crippen molar-refractivity contribution in [2.75, 3.05) is 0 Å². The van der Waals surface area contributed by atoms with E-state index in [1.807, 2.05) is 120 Å². The predicted molar refractivity (Wildman–Crippen MR) is 154 cm³/mol. The molecular weight excluding hydrogens is 506 g/mol. The van der Waals surface area contributed by atoms with Gasteiger partial charge in [-0.05, 0) is 60.2 Å². The zero-order valence-corrected chi connectivity index (χ0v) is 21.5. The van der Waals surface area contributed by atoms with Crippen molar-refractivity contribution >= 4 is 34.3 Å². The fourth-order valence-corrected chi connectivity index (χ4v) is 4.43. The molecule has 6 aromatic rings. The van der Waals surface area contributed by atoms with Crippen molar-refractivity contribution in [2.24, 2.45) is 0 Å². The highest BCUT2D eigenvalue weighted by molar-refractivity contribution is 6.30. The summed E-state index contributed by atoms with van der Waals surface area (Å²) in [7, 11) is 0. The molecule has 2 heterocycles. The Morgan fingerprint density at radius 3 is 2.54 bits per heavy atom. The second kappa shape index (κ2) is 10.7. The normalized spacial score (nSPS) is 11.4. The molecule has 6 rings (SSSR count). The Labute approximate surface area is 230 Å². The summed E-state index contributed by atoms with van der Waals surface area (Å²) >= 11 is 6.00. The Balaban J connectivity index is 1.39. The number of rotatable bonds is 7. The molecule has 0 atom stereocenters. The van der Waals surface area contributed by atoms with Crippen LogP contribution in [0.1, 0.15) is 17.0 Å². The number of nitrogens with one attached hydrogen (secondary N) is 1. The number of benzene rings is 4. The molecule has 0 aliphatic rings. The SMILES string of the molecule is N#C/C(=C/c1cn(-c2ccccc2)nc1-c1cccc(OCc2ccc(Cl)cc2)c1)c1nc2ccccc2[nH]1. The van der Waals surface area contributed by atoms with E-state index >= 15 is 0 Å². The first kappa shape index (κ1) is 24.2. The highest BCUT2D eigenvalue weighted by atomic mass is 35.5. The minimum Gasteiger partial charge on any atom is -0.489 e. The molecule has 1 N–H and O–H groups in total. The topological polar surface area (TPSA) is 79.5 Å². The van der Waals surface area contributed by atoms with Crippen LogP contribution in [0.15, 0.2) is 109 Å². The summed E-state index contributed by atoms with van der Waals surface area (Å²) in [5.74, 6) is 1.22. The third kappa shape index (κ3) is 5.30. The van der Waals surface area contributed by atoms with Gasteiger partial charge in [-0.3, -0.25) is 0 Å². The Hall–Kier alpha value is -5.12. The first-order valence-corrected chi connectivity index (χ1v) is 12.7. The number of aromatic nitrogens is 4. The van der Waals surface area contributed by atoms with Gasteiger partial charge in [0.15, 0.2) is 0 Å². The van der Waals surface area contributed by atoms with E-state index in [4.69, 9.17) is 21.4 Å². The lowest BCUT2D eigenvalue weighted by Crippen LogP contribution is -1.96. The molecule has 0 fully saturated rings. The third-order valence-corrected chi connectivity index (χ3v) is 6.51. The van der Waals surface area contributed by atoms with E-state index in [2.05, 4.69) is 16.0 Å². The molecule has 0 saturated heterocycles. The van der Waals surface area contributed by atoms with Crippen molar-refractivity contribution in [2.45, 2.75) is 6.61 Å². The summed E-state index contributed by atoms with van der Waals surface area (Å²) in [6, 6.07) is 35.3. The van der Waals surface area contributed by atoms with Gasteiger partial charge in [0.05, 0.1) is 22.3 Å². The zero-order chi connectivity index (χ0) is 26.6. The monoisotopic (exact) mass is 527 g/mol. The maximum Gasteiger partial charge on any atom is 0.149 e. The van der Waals surface area contributed by atoms with Crippen LogP contribution in [0.4, 0.5) is 0 Å². The predicted octanol–water partition coefficient (Wildman–Crippen LogP) is 7.71. The molecule has 0 radical (unpaired) electrons. The summed E-state index contributed by atoms with van der Waals surface area (Å²) in [6.07, 6.45) is 3.74. The minimum atomic E-state index is 0.412. The summed E-state index contributed by atoms with van der Waals surface area (Å²) in [5, 5.41) is 15.7. The maximum atomic E-state index is 10.1. The van der Waals surface area contributed by atoms with Gasteiger partial charge in [-0.15, -0.1) is 0 Å².